The highest BCUT2D eigenvalue weighted by molar-refractivity contribution is 9.10. The van der Waals surface area contributed by atoms with Gasteiger partial charge in [-0.15, -0.1) is 0 Å². The van der Waals surface area contributed by atoms with E-state index in [9.17, 15) is 9.59 Å². The van der Waals surface area contributed by atoms with Crippen molar-refractivity contribution in [1.29, 1.82) is 0 Å². The summed E-state index contributed by atoms with van der Waals surface area (Å²) in [4.78, 5) is 25.4. The van der Waals surface area contributed by atoms with Crippen LogP contribution >= 0.6 is 15.9 Å². The number of rotatable bonds is 3. The number of aryl methyl sites for hydroxylation is 1. The summed E-state index contributed by atoms with van der Waals surface area (Å²) < 4.78 is 10.8. The quantitative estimate of drug-likeness (QED) is 0.490. The monoisotopic (exact) mass is 439 g/mol. The van der Waals surface area contributed by atoms with E-state index in [2.05, 4.69) is 15.9 Å². The van der Waals surface area contributed by atoms with Gasteiger partial charge in [0, 0.05) is 30.5 Å². The van der Waals surface area contributed by atoms with Gasteiger partial charge in [-0.3, -0.25) is 13.9 Å². The molecular formula is C21H18BrN3O3. The molecule has 4 aromatic rings. The van der Waals surface area contributed by atoms with Crippen LogP contribution in [0.5, 0.6) is 5.75 Å². The van der Waals surface area contributed by atoms with Crippen molar-refractivity contribution in [1.82, 2.24) is 13.7 Å². The van der Waals surface area contributed by atoms with Gasteiger partial charge in [-0.1, -0.05) is 15.9 Å². The summed E-state index contributed by atoms with van der Waals surface area (Å²) in [5, 5.41) is 0.498. The summed E-state index contributed by atoms with van der Waals surface area (Å²) in [6.07, 6.45) is 1.83. The van der Waals surface area contributed by atoms with Crippen molar-refractivity contribution in [3.05, 3.63) is 80.0 Å². The topological polar surface area (TPSA) is 58.2 Å². The van der Waals surface area contributed by atoms with Crippen LogP contribution in [0, 0.1) is 0 Å². The Hall–Kier alpha value is -3.06. The van der Waals surface area contributed by atoms with E-state index in [-0.39, 0.29) is 11.2 Å². The SMILES string of the molecule is COc1ccc(-c2c3c(=O)n(C)c(=O)n(C)c3cn2-c2ccc(Br)cc2)cc1. The van der Waals surface area contributed by atoms with E-state index in [1.807, 2.05) is 59.3 Å². The normalized spacial score (nSPS) is 11.1. The Balaban J connectivity index is 2.14. The summed E-state index contributed by atoms with van der Waals surface area (Å²) in [6.45, 7) is 0. The van der Waals surface area contributed by atoms with E-state index < -0.39 is 0 Å². The van der Waals surface area contributed by atoms with Crippen LogP contribution in [0.4, 0.5) is 0 Å². The van der Waals surface area contributed by atoms with Gasteiger partial charge in [0.25, 0.3) is 5.56 Å². The van der Waals surface area contributed by atoms with Crippen LogP contribution in [0.3, 0.4) is 0 Å². The first-order chi connectivity index (χ1) is 13.4. The van der Waals surface area contributed by atoms with Gasteiger partial charge >= 0.3 is 5.69 Å². The second-order valence-corrected chi connectivity index (χ2v) is 7.43. The largest absolute Gasteiger partial charge is 0.497 e. The number of hydrogen-bond acceptors (Lipinski definition) is 3. The summed E-state index contributed by atoms with van der Waals surface area (Å²) >= 11 is 3.45. The number of fused-ring (bicyclic) bond motifs is 1. The average molecular weight is 440 g/mol. The molecule has 0 aliphatic heterocycles. The number of hydrogen-bond donors (Lipinski definition) is 0. The molecule has 0 fully saturated rings. The minimum Gasteiger partial charge on any atom is -0.497 e. The molecule has 7 heteroatoms. The Morgan fingerprint density at radius 2 is 1.54 bits per heavy atom. The molecule has 0 bridgehead atoms. The number of aromatic nitrogens is 3. The minimum atomic E-state index is -0.355. The van der Waals surface area contributed by atoms with Gasteiger partial charge in [-0.05, 0) is 54.1 Å². The average Bonchev–Trinajstić information content (AvgIpc) is 3.12. The van der Waals surface area contributed by atoms with Crippen LogP contribution in [0.15, 0.2) is 68.8 Å². The fraction of sp³-hybridized carbons (Fsp3) is 0.143. The Morgan fingerprint density at radius 3 is 2.14 bits per heavy atom. The molecule has 6 nitrogen and oxygen atoms in total. The van der Waals surface area contributed by atoms with Gasteiger partial charge in [0.2, 0.25) is 0 Å². The third kappa shape index (κ3) is 2.79. The number of nitrogens with zero attached hydrogens (tertiary/aromatic N) is 3. The summed E-state index contributed by atoms with van der Waals surface area (Å²) in [7, 11) is 4.78. The van der Waals surface area contributed by atoms with E-state index in [0.29, 0.717) is 10.9 Å². The van der Waals surface area contributed by atoms with Crippen molar-refractivity contribution in [3.8, 4) is 22.7 Å². The fourth-order valence-electron chi connectivity index (χ4n) is 3.38. The highest BCUT2D eigenvalue weighted by Crippen LogP contribution is 2.32. The van der Waals surface area contributed by atoms with Gasteiger partial charge in [0.15, 0.2) is 0 Å². The van der Waals surface area contributed by atoms with Crippen LogP contribution in [-0.2, 0) is 14.1 Å². The van der Waals surface area contributed by atoms with Crippen LogP contribution in [-0.4, -0.2) is 20.8 Å². The number of halogens is 1. The minimum absolute atomic E-state index is 0.320. The van der Waals surface area contributed by atoms with Crippen LogP contribution in [0.2, 0.25) is 0 Å². The number of benzene rings is 2. The van der Waals surface area contributed by atoms with Crippen molar-refractivity contribution in [2.24, 2.45) is 14.1 Å². The maximum absolute atomic E-state index is 13.0. The first-order valence-corrected chi connectivity index (χ1v) is 9.43. The summed E-state index contributed by atoms with van der Waals surface area (Å²) in [5.41, 5.74) is 2.39. The Labute approximate surface area is 169 Å². The molecule has 2 aromatic carbocycles. The molecule has 0 unspecified atom stereocenters. The van der Waals surface area contributed by atoms with Crippen molar-refractivity contribution in [2.45, 2.75) is 0 Å². The Bertz CT molecular complexity index is 1300. The van der Waals surface area contributed by atoms with Gasteiger partial charge in [-0.2, -0.15) is 0 Å². The van der Waals surface area contributed by atoms with Crippen LogP contribution < -0.4 is 16.0 Å². The van der Waals surface area contributed by atoms with E-state index in [1.54, 1.807) is 14.2 Å². The fourth-order valence-corrected chi connectivity index (χ4v) is 3.64. The maximum atomic E-state index is 13.0. The first kappa shape index (κ1) is 18.3. The zero-order valence-corrected chi connectivity index (χ0v) is 17.2. The van der Waals surface area contributed by atoms with Crippen molar-refractivity contribution < 1.29 is 4.74 Å². The molecule has 0 spiro atoms. The third-order valence-electron chi connectivity index (χ3n) is 4.91. The molecule has 2 aromatic heterocycles. The van der Waals surface area contributed by atoms with Crippen molar-refractivity contribution in [2.75, 3.05) is 7.11 Å². The van der Waals surface area contributed by atoms with Crippen LogP contribution in [0.25, 0.3) is 27.8 Å². The molecule has 0 N–H and O–H groups in total. The number of methoxy groups -OCH3 is 1. The molecule has 0 amide bonds. The molecule has 2 heterocycles. The summed E-state index contributed by atoms with van der Waals surface area (Å²) in [5.74, 6) is 0.732. The Morgan fingerprint density at radius 1 is 0.893 bits per heavy atom. The smallest absolute Gasteiger partial charge is 0.330 e. The first-order valence-electron chi connectivity index (χ1n) is 8.64. The third-order valence-corrected chi connectivity index (χ3v) is 5.44. The highest BCUT2D eigenvalue weighted by atomic mass is 79.9. The van der Waals surface area contributed by atoms with E-state index in [1.165, 1.54) is 11.6 Å². The maximum Gasteiger partial charge on any atom is 0.330 e. The van der Waals surface area contributed by atoms with Gasteiger partial charge < -0.3 is 9.30 Å². The molecule has 0 atom stereocenters. The lowest BCUT2D eigenvalue weighted by molar-refractivity contribution is 0.415. The lowest BCUT2D eigenvalue weighted by Crippen LogP contribution is -2.36. The lowest BCUT2D eigenvalue weighted by Gasteiger charge is -2.11. The summed E-state index contributed by atoms with van der Waals surface area (Å²) in [6, 6.07) is 15.3. The lowest BCUT2D eigenvalue weighted by atomic mass is 10.1. The highest BCUT2D eigenvalue weighted by Gasteiger charge is 2.20. The molecule has 0 radical (unpaired) electrons. The molecule has 0 saturated heterocycles. The van der Waals surface area contributed by atoms with Gasteiger partial charge in [-0.25, -0.2) is 4.79 Å². The molecular weight excluding hydrogens is 422 g/mol. The zero-order chi connectivity index (χ0) is 20.0. The Kier molecular flexibility index (Phi) is 4.47. The second-order valence-electron chi connectivity index (χ2n) is 6.52. The van der Waals surface area contributed by atoms with Crippen molar-refractivity contribution in [3.63, 3.8) is 0 Å². The predicted molar refractivity (Wildman–Crippen MR) is 113 cm³/mol. The van der Waals surface area contributed by atoms with E-state index in [0.717, 1.165) is 31.7 Å². The number of ether oxygens (including phenoxy) is 1. The van der Waals surface area contributed by atoms with Crippen LogP contribution in [0.1, 0.15) is 0 Å². The standard InChI is InChI=1S/C21H18BrN3O3/c1-23-17-12-25(15-8-6-14(22)7-9-15)19(13-4-10-16(28-3)11-5-13)18(17)20(26)24(2)21(23)27/h4-12H,1-3H3. The second kappa shape index (κ2) is 6.83. The molecule has 28 heavy (non-hydrogen) atoms. The molecule has 142 valence electrons. The van der Waals surface area contributed by atoms with E-state index >= 15 is 0 Å². The predicted octanol–water partition coefficient (Wildman–Crippen LogP) is 3.47. The molecule has 0 aliphatic carbocycles. The van der Waals surface area contributed by atoms with Gasteiger partial charge in [0.05, 0.1) is 23.7 Å². The molecule has 0 aliphatic rings. The van der Waals surface area contributed by atoms with E-state index in [4.69, 9.17) is 4.74 Å². The van der Waals surface area contributed by atoms with Gasteiger partial charge in [0.1, 0.15) is 5.75 Å². The van der Waals surface area contributed by atoms with Crippen molar-refractivity contribution >= 4 is 26.8 Å². The molecule has 4 rings (SSSR count). The molecule has 0 saturated carbocycles. The zero-order valence-electron chi connectivity index (χ0n) is 15.6.